The summed E-state index contributed by atoms with van der Waals surface area (Å²) in [7, 11) is 1.92. The van der Waals surface area contributed by atoms with E-state index < -0.39 is 0 Å². The van der Waals surface area contributed by atoms with Crippen molar-refractivity contribution in [3.63, 3.8) is 0 Å². The largest absolute Gasteiger partial charge is 0.275 e. The monoisotopic (exact) mass is 344 g/mol. The van der Waals surface area contributed by atoms with Crippen LogP contribution in [0, 0.1) is 0 Å². The number of rotatable bonds is 4. The Bertz CT molecular complexity index is 889. The van der Waals surface area contributed by atoms with E-state index in [-0.39, 0.29) is 0 Å². The Kier molecular flexibility index (Phi) is 3.69. The van der Waals surface area contributed by atoms with Crippen molar-refractivity contribution in [2.24, 2.45) is 7.05 Å². The lowest BCUT2D eigenvalue weighted by Gasteiger charge is -1.93. The summed E-state index contributed by atoms with van der Waals surface area (Å²) in [6.45, 7) is 0. The zero-order chi connectivity index (χ0) is 14.9. The van der Waals surface area contributed by atoms with Gasteiger partial charge in [-0.3, -0.25) is 4.68 Å². The Hall–Kier alpha value is -1.70. The van der Waals surface area contributed by atoms with Crippen LogP contribution in [0.25, 0.3) is 20.8 Å². The van der Waals surface area contributed by atoms with Gasteiger partial charge in [0, 0.05) is 29.9 Å². The van der Waals surface area contributed by atoms with Gasteiger partial charge < -0.3 is 0 Å². The van der Waals surface area contributed by atoms with Crippen molar-refractivity contribution >= 4 is 44.7 Å². The van der Waals surface area contributed by atoms with E-state index in [9.17, 15) is 0 Å². The van der Waals surface area contributed by atoms with Crippen molar-refractivity contribution < 1.29 is 0 Å². The smallest absolute Gasteiger partial charge is 0.151 e. The number of nitrogens with zero attached hydrogens (tertiary/aromatic N) is 4. The lowest BCUT2D eigenvalue weighted by molar-refractivity contribution is 0.768. The lowest BCUT2D eigenvalue weighted by Crippen LogP contribution is -1.84. The molecular weight excluding hydrogens is 332 g/mol. The van der Waals surface area contributed by atoms with Crippen LogP contribution in [0.3, 0.4) is 0 Å². The molecule has 0 spiro atoms. The molecule has 1 aromatic carbocycles. The molecule has 4 rings (SSSR count). The summed E-state index contributed by atoms with van der Waals surface area (Å²) in [6, 6.07) is 8.24. The van der Waals surface area contributed by atoms with Gasteiger partial charge in [0.05, 0.1) is 22.1 Å². The van der Waals surface area contributed by atoms with E-state index in [1.54, 1.807) is 39.1 Å². The van der Waals surface area contributed by atoms with Crippen LogP contribution in [-0.4, -0.2) is 19.7 Å². The highest BCUT2D eigenvalue weighted by atomic mass is 32.2. The standard InChI is InChI=1S/C15H12N4S3/c1-19-7-10(6-16-19)14-17-11(8-20-14)9-21-15-18-12-4-2-3-5-13(12)22-15/h2-8H,9H2,1H3. The minimum Gasteiger partial charge on any atom is -0.275 e. The van der Waals surface area contributed by atoms with Crippen molar-refractivity contribution in [2.45, 2.75) is 10.1 Å². The predicted molar refractivity (Wildman–Crippen MR) is 93.5 cm³/mol. The highest BCUT2D eigenvalue weighted by molar-refractivity contribution is 8.00. The normalized spacial score (nSPS) is 11.3. The molecule has 0 N–H and O–H groups in total. The Morgan fingerprint density at radius 1 is 1.23 bits per heavy atom. The summed E-state index contributed by atoms with van der Waals surface area (Å²) < 4.78 is 4.13. The van der Waals surface area contributed by atoms with Gasteiger partial charge in [-0.2, -0.15) is 5.10 Å². The molecule has 0 atom stereocenters. The van der Waals surface area contributed by atoms with Crippen molar-refractivity contribution in [2.75, 3.05) is 0 Å². The van der Waals surface area contributed by atoms with Gasteiger partial charge in [0.15, 0.2) is 4.34 Å². The van der Waals surface area contributed by atoms with E-state index in [0.29, 0.717) is 0 Å². The van der Waals surface area contributed by atoms with Crippen LogP contribution in [0.15, 0.2) is 46.4 Å². The van der Waals surface area contributed by atoms with Gasteiger partial charge in [-0.25, -0.2) is 9.97 Å². The summed E-state index contributed by atoms with van der Waals surface area (Å²) in [5.41, 5.74) is 3.24. The topological polar surface area (TPSA) is 43.6 Å². The maximum atomic E-state index is 4.68. The first-order chi connectivity index (χ1) is 10.8. The second kappa shape index (κ2) is 5.83. The average Bonchev–Trinajstić information content (AvgIpc) is 3.23. The van der Waals surface area contributed by atoms with Crippen LogP contribution in [0.2, 0.25) is 0 Å². The second-order valence-electron chi connectivity index (χ2n) is 4.78. The minimum atomic E-state index is 0.844. The van der Waals surface area contributed by atoms with E-state index in [1.165, 1.54) is 4.70 Å². The van der Waals surface area contributed by atoms with Gasteiger partial charge in [-0.05, 0) is 12.1 Å². The number of fused-ring (bicyclic) bond motifs is 1. The van der Waals surface area contributed by atoms with Gasteiger partial charge in [-0.15, -0.1) is 22.7 Å². The molecule has 0 saturated carbocycles. The van der Waals surface area contributed by atoms with Crippen LogP contribution in [-0.2, 0) is 12.8 Å². The summed E-state index contributed by atoms with van der Waals surface area (Å²) >= 11 is 5.14. The Labute approximate surface area is 139 Å². The molecule has 0 saturated heterocycles. The summed E-state index contributed by atoms with van der Waals surface area (Å²) in [4.78, 5) is 9.32. The molecule has 0 unspecified atom stereocenters. The Morgan fingerprint density at radius 2 is 2.14 bits per heavy atom. The van der Waals surface area contributed by atoms with Gasteiger partial charge in [0.2, 0.25) is 0 Å². The molecule has 0 aliphatic carbocycles. The van der Waals surface area contributed by atoms with Crippen LogP contribution in [0.5, 0.6) is 0 Å². The Balaban J connectivity index is 1.48. The minimum absolute atomic E-state index is 0.844. The second-order valence-corrected chi connectivity index (χ2v) is 7.89. The molecule has 7 heteroatoms. The number of para-hydroxylation sites is 1. The average molecular weight is 344 g/mol. The molecule has 0 bridgehead atoms. The molecule has 0 amide bonds. The number of hydrogen-bond donors (Lipinski definition) is 0. The maximum Gasteiger partial charge on any atom is 0.151 e. The van der Waals surface area contributed by atoms with Crippen LogP contribution in [0.1, 0.15) is 5.69 Å². The highest BCUT2D eigenvalue weighted by Gasteiger charge is 2.09. The van der Waals surface area contributed by atoms with Crippen LogP contribution < -0.4 is 0 Å². The van der Waals surface area contributed by atoms with Crippen molar-refractivity contribution in [1.82, 2.24) is 19.7 Å². The molecule has 3 aromatic heterocycles. The fourth-order valence-corrected chi connectivity index (χ4v) is 4.95. The van der Waals surface area contributed by atoms with Gasteiger partial charge in [-0.1, -0.05) is 23.9 Å². The summed E-state index contributed by atoms with van der Waals surface area (Å²) in [5.74, 6) is 0.844. The number of aryl methyl sites for hydroxylation is 1. The van der Waals surface area contributed by atoms with Crippen LogP contribution in [0.4, 0.5) is 0 Å². The summed E-state index contributed by atoms with van der Waals surface area (Å²) in [6.07, 6.45) is 3.84. The summed E-state index contributed by atoms with van der Waals surface area (Å²) in [5, 5.41) is 7.32. The molecule has 0 radical (unpaired) electrons. The van der Waals surface area contributed by atoms with E-state index in [4.69, 9.17) is 0 Å². The predicted octanol–water partition coefficient (Wildman–Crippen LogP) is 4.45. The van der Waals surface area contributed by atoms with E-state index in [0.717, 1.165) is 31.9 Å². The zero-order valence-electron chi connectivity index (χ0n) is 11.8. The molecule has 0 aliphatic heterocycles. The number of thiazole rings is 2. The first-order valence-electron chi connectivity index (χ1n) is 6.70. The van der Waals surface area contributed by atoms with Crippen LogP contribution >= 0.6 is 34.4 Å². The van der Waals surface area contributed by atoms with Crippen molar-refractivity contribution in [3.8, 4) is 10.6 Å². The highest BCUT2D eigenvalue weighted by Crippen LogP contribution is 2.32. The quantitative estimate of drug-likeness (QED) is 0.513. The van der Waals surface area contributed by atoms with E-state index in [2.05, 4.69) is 38.6 Å². The fourth-order valence-electron chi connectivity index (χ4n) is 2.09. The molecule has 0 aliphatic rings. The number of benzene rings is 1. The van der Waals surface area contributed by atoms with Crippen molar-refractivity contribution in [1.29, 1.82) is 0 Å². The molecule has 22 heavy (non-hydrogen) atoms. The number of hydrogen-bond acceptors (Lipinski definition) is 6. The SMILES string of the molecule is Cn1cc(-c2nc(CSc3nc4ccccc4s3)cs2)cn1. The maximum absolute atomic E-state index is 4.68. The molecule has 4 nitrogen and oxygen atoms in total. The van der Waals surface area contributed by atoms with Gasteiger partial charge in [0.1, 0.15) is 5.01 Å². The first-order valence-corrected chi connectivity index (χ1v) is 9.38. The third kappa shape index (κ3) is 2.79. The molecule has 0 fully saturated rings. The molecule has 3 heterocycles. The lowest BCUT2D eigenvalue weighted by atomic mass is 10.3. The van der Waals surface area contributed by atoms with Gasteiger partial charge >= 0.3 is 0 Å². The Morgan fingerprint density at radius 3 is 2.95 bits per heavy atom. The zero-order valence-corrected chi connectivity index (χ0v) is 14.2. The van der Waals surface area contributed by atoms with E-state index in [1.807, 2.05) is 25.5 Å². The number of thioether (sulfide) groups is 1. The third-order valence-corrected chi connectivity index (χ3v) is 6.27. The first kappa shape index (κ1) is 13.9. The fraction of sp³-hybridized carbons (Fsp3) is 0.133. The third-order valence-electron chi connectivity index (χ3n) is 3.12. The number of aromatic nitrogens is 4. The molecule has 110 valence electrons. The van der Waals surface area contributed by atoms with E-state index >= 15 is 0 Å². The van der Waals surface area contributed by atoms with Crippen molar-refractivity contribution in [3.05, 3.63) is 47.7 Å². The molecular formula is C15H12N4S3. The molecule has 4 aromatic rings. The van der Waals surface area contributed by atoms with Gasteiger partial charge in [0.25, 0.3) is 0 Å².